The molecular formula is C15H25NS. The first-order chi connectivity index (χ1) is 8.00. The van der Waals surface area contributed by atoms with Crippen LogP contribution in [0.2, 0.25) is 0 Å². The number of nitrogens with zero attached hydrogens (tertiary/aromatic N) is 1. The van der Waals surface area contributed by atoms with E-state index in [2.05, 4.69) is 38.9 Å². The highest BCUT2D eigenvalue weighted by Gasteiger charge is 2.31. The second-order valence-electron chi connectivity index (χ2n) is 6.43. The van der Waals surface area contributed by atoms with Crippen LogP contribution in [0.1, 0.15) is 69.2 Å². The summed E-state index contributed by atoms with van der Waals surface area (Å²) in [7, 11) is 0. The van der Waals surface area contributed by atoms with Gasteiger partial charge in [0.05, 0.1) is 5.01 Å². The number of aryl methyl sites for hydroxylation is 1. The molecule has 2 heteroatoms. The summed E-state index contributed by atoms with van der Waals surface area (Å²) in [4.78, 5) is 6.06. The fourth-order valence-electron chi connectivity index (χ4n) is 2.88. The molecule has 96 valence electrons. The molecule has 2 rings (SSSR count). The summed E-state index contributed by atoms with van der Waals surface area (Å²) in [6.07, 6.45) is 8.67. The molecule has 0 spiro atoms. The lowest BCUT2D eigenvalue weighted by Gasteiger charge is -2.36. The summed E-state index contributed by atoms with van der Waals surface area (Å²) in [6.45, 7) is 9.37. The zero-order valence-corrected chi connectivity index (χ0v) is 12.4. The van der Waals surface area contributed by atoms with Crippen LogP contribution in [-0.4, -0.2) is 4.98 Å². The molecule has 0 unspecified atom stereocenters. The van der Waals surface area contributed by atoms with Crippen molar-refractivity contribution < 1.29 is 0 Å². The van der Waals surface area contributed by atoms with Crippen LogP contribution in [0.5, 0.6) is 0 Å². The summed E-state index contributed by atoms with van der Waals surface area (Å²) >= 11 is 1.94. The molecule has 0 atom stereocenters. The van der Waals surface area contributed by atoms with Gasteiger partial charge in [0.2, 0.25) is 0 Å². The average Bonchev–Trinajstić information content (AvgIpc) is 2.76. The van der Waals surface area contributed by atoms with Gasteiger partial charge in [-0.15, -0.1) is 11.3 Å². The van der Waals surface area contributed by atoms with Crippen molar-refractivity contribution in [3.05, 3.63) is 16.1 Å². The zero-order valence-electron chi connectivity index (χ0n) is 11.6. The number of aromatic nitrogens is 1. The lowest BCUT2D eigenvalue weighted by molar-refractivity contribution is 0.169. The van der Waals surface area contributed by atoms with Gasteiger partial charge in [-0.3, -0.25) is 0 Å². The Morgan fingerprint density at radius 3 is 2.35 bits per heavy atom. The van der Waals surface area contributed by atoms with Gasteiger partial charge in [0.15, 0.2) is 0 Å². The molecule has 0 aliphatic heterocycles. The third kappa shape index (κ3) is 3.09. The van der Waals surface area contributed by atoms with E-state index in [0.29, 0.717) is 5.41 Å². The SMILES string of the molecule is CCc1cnc(C2CCC(C(C)(C)C)CC2)s1. The Hall–Kier alpha value is -0.370. The van der Waals surface area contributed by atoms with Crippen LogP contribution in [0.3, 0.4) is 0 Å². The summed E-state index contributed by atoms with van der Waals surface area (Å²) in [6, 6.07) is 0. The molecule has 0 amide bonds. The second kappa shape index (κ2) is 5.09. The molecule has 1 aliphatic rings. The molecule has 1 aromatic rings. The van der Waals surface area contributed by atoms with Gasteiger partial charge < -0.3 is 0 Å². The third-order valence-electron chi connectivity index (χ3n) is 4.22. The van der Waals surface area contributed by atoms with E-state index < -0.39 is 0 Å². The van der Waals surface area contributed by atoms with Gasteiger partial charge in [-0.25, -0.2) is 4.98 Å². The zero-order chi connectivity index (χ0) is 12.5. The number of hydrogen-bond acceptors (Lipinski definition) is 2. The van der Waals surface area contributed by atoms with Crippen molar-refractivity contribution in [2.75, 3.05) is 0 Å². The lowest BCUT2D eigenvalue weighted by atomic mass is 9.70. The second-order valence-corrected chi connectivity index (χ2v) is 7.58. The molecular weight excluding hydrogens is 226 g/mol. The Morgan fingerprint density at radius 1 is 1.24 bits per heavy atom. The maximum Gasteiger partial charge on any atom is 0.0958 e. The van der Waals surface area contributed by atoms with Crippen LogP contribution in [0, 0.1) is 11.3 Å². The Kier molecular flexibility index (Phi) is 3.92. The first-order valence-corrected chi connectivity index (χ1v) is 7.77. The van der Waals surface area contributed by atoms with Gasteiger partial charge >= 0.3 is 0 Å². The minimum Gasteiger partial charge on any atom is -0.249 e. The van der Waals surface area contributed by atoms with Crippen LogP contribution in [0.4, 0.5) is 0 Å². The summed E-state index contributed by atoms with van der Waals surface area (Å²) < 4.78 is 0. The van der Waals surface area contributed by atoms with E-state index in [1.807, 2.05) is 11.3 Å². The fourth-order valence-corrected chi connectivity index (χ4v) is 3.91. The van der Waals surface area contributed by atoms with Crippen molar-refractivity contribution in [3.8, 4) is 0 Å². The van der Waals surface area contributed by atoms with Crippen LogP contribution in [0.25, 0.3) is 0 Å². The quantitative estimate of drug-likeness (QED) is 0.718. The topological polar surface area (TPSA) is 12.9 Å². The first-order valence-electron chi connectivity index (χ1n) is 6.95. The molecule has 1 aliphatic carbocycles. The molecule has 1 heterocycles. The van der Waals surface area contributed by atoms with Crippen molar-refractivity contribution in [1.82, 2.24) is 4.98 Å². The third-order valence-corrected chi connectivity index (χ3v) is 5.53. The van der Waals surface area contributed by atoms with E-state index in [9.17, 15) is 0 Å². The minimum absolute atomic E-state index is 0.489. The summed E-state index contributed by atoms with van der Waals surface area (Å²) in [5, 5.41) is 1.40. The number of rotatable bonds is 2. The predicted molar refractivity (Wildman–Crippen MR) is 75.6 cm³/mol. The molecule has 17 heavy (non-hydrogen) atoms. The van der Waals surface area contributed by atoms with Crippen LogP contribution < -0.4 is 0 Å². The van der Waals surface area contributed by atoms with Crippen LogP contribution >= 0.6 is 11.3 Å². The number of hydrogen-bond donors (Lipinski definition) is 0. The van der Waals surface area contributed by atoms with Crippen molar-refractivity contribution in [1.29, 1.82) is 0 Å². The monoisotopic (exact) mass is 251 g/mol. The molecule has 0 radical (unpaired) electrons. The standard InChI is InChI=1S/C15H25NS/c1-5-13-10-16-14(17-13)11-6-8-12(9-7-11)15(2,3)4/h10-12H,5-9H2,1-4H3. The Morgan fingerprint density at radius 2 is 1.88 bits per heavy atom. The molecule has 0 bridgehead atoms. The highest BCUT2D eigenvalue weighted by Crippen LogP contribution is 2.43. The minimum atomic E-state index is 0.489. The van der Waals surface area contributed by atoms with E-state index in [1.54, 1.807) is 0 Å². The smallest absolute Gasteiger partial charge is 0.0958 e. The van der Waals surface area contributed by atoms with Gasteiger partial charge in [-0.1, -0.05) is 27.7 Å². The van der Waals surface area contributed by atoms with Crippen molar-refractivity contribution >= 4 is 11.3 Å². The van der Waals surface area contributed by atoms with Crippen molar-refractivity contribution in [2.24, 2.45) is 11.3 Å². The van der Waals surface area contributed by atoms with Crippen LogP contribution in [0.15, 0.2) is 6.20 Å². The van der Waals surface area contributed by atoms with Crippen molar-refractivity contribution in [2.45, 2.75) is 65.7 Å². The van der Waals surface area contributed by atoms with Gasteiger partial charge in [0, 0.05) is 17.0 Å². The van der Waals surface area contributed by atoms with Gasteiger partial charge in [0.1, 0.15) is 0 Å². The molecule has 0 N–H and O–H groups in total. The normalized spacial score (nSPS) is 26.1. The molecule has 1 fully saturated rings. The highest BCUT2D eigenvalue weighted by atomic mass is 32.1. The molecule has 0 aromatic carbocycles. The highest BCUT2D eigenvalue weighted by molar-refractivity contribution is 7.11. The van der Waals surface area contributed by atoms with E-state index in [4.69, 9.17) is 0 Å². The lowest BCUT2D eigenvalue weighted by Crippen LogP contribution is -2.25. The maximum atomic E-state index is 4.62. The Balaban J connectivity index is 1.95. The molecule has 0 saturated heterocycles. The van der Waals surface area contributed by atoms with Crippen molar-refractivity contribution in [3.63, 3.8) is 0 Å². The average molecular weight is 251 g/mol. The molecule has 1 nitrogen and oxygen atoms in total. The van der Waals surface area contributed by atoms with Gasteiger partial charge in [-0.05, 0) is 43.4 Å². The van der Waals surface area contributed by atoms with E-state index in [-0.39, 0.29) is 0 Å². The van der Waals surface area contributed by atoms with E-state index in [1.165, 1.54) is 35.6 Å². The predicted octanol–water partition coefficient (Wildman–Crippen LogP) is 5.03. The molecule has 1 saturated carbocycles. The van der Waals surface area contributed by atoms with Crippen LogP contribution in [-0.2, 0) is 6.42 Å². The maximum absolute atomic E-state index is 4.62. The Bertz CT molecular complexity index is 353. The summed E-state index contributed by atoms with van der Waals surface area (Å²) in [5.41, 5.74) is 0.489. The van der Waals surface area contributed by atoms with E-state index >= 15 is 0 Å². The summed E-state index contributed by atoms with van der Waals surface area (Å²) in [5.74, 6) is 1.66. The fraction of sp³-hybridized carbons (Fsp3) is 0.800. The Labute approximate surface area is 110 Å². The number of thiazole rings is 1. The van der Waals surface area contributed by atoms with Gasteiger partial charge in [0.25, 0.3) is 0 Å². The van der Waals surface area contributed by atoms with Gasteiger partial charge in [-0.2, -0.15) is 0 Å². The molecule has 1 aromatic heterocycles. The largest absolute Gasteiger partial charge is 0.249 e. The van der Waals surface area contributed by atoms with E-state index in [0.717, 1.165) is 18.3 Å². The first kappa shape index (κ1) is 13.1.